The Morgan fingerprint density at radius 1 is 1.00 bits per heavy atom. The van der Waals surface area contributed by atoms with Crippen molar-refractivity contribution in [1.29, 1.82) is 0 Å². The highest BCUT2D eigenvalue weighted by molar-refractivity contribution is 5.94. The van der Waals surface area contributed by atoms with Gasteiger partial charge in [-0.3, -0.25) is 4.68 Å². The summed E-state index contributed by atoms with van der Waals surface area (Å²) in [5.41, 5.74) is 6.43. The molecule has 0 radical (unpaired) electrons. The second-order valence-corrected chi connectivity index (χ2v) is 8.40. The number of hydrogen-bond acceptors (Lipinski definition) is 6. The van der Waals surface area contributed by atoms with Crippen molar-refractivity contribution in [1.82, 2.24) is 24.7 Å². The van der Waals surface area contributed by atoms with Crippen LogP contribution in [0.5, 0.6) is 11.5 Å². The number of methoxy groups -OCH3 is 1. The molecule has 34 heavy (non-hydrogen) atoms. The molecule has 2 N–H and O–H groups in total. The molecule has 0 bridgehead atoms. The third kappa shape index (κ3) is 4.14. The van der Waals surface area contributed by atoms with Crippen molar-refractivity contribution in [3.63, 3.8) is 0 Å². The lowest BCUT2D eigenvalue weighted by Crippen LogP contribution is -2.07. The van der Waals surface area contributed by atoms with Gasteiger partial charge in [0, 0.05) is 58.6 Å². The number of aryl methyl sites for hydroxylation is 4. The zero-order chi connectivity index (χ0) is 23.7. The van der Waals surface area contributed by atoms with E-state index in [2.05, 4.69) is 51.3 Å². The Morgan fingerprint density at radius 2 is 1.88 bits per heavy atom. The Hall–Kier alpha value is -4.07. The van der Waals surface area contributed by atoms with Crippen LogP contribution in [0.3, 0.4) is 0 Å². The van der Waals surface area contributed by atoms with E-state index in [1.54, 1.807) is 13.4 Å². The number of rotatable bonds is 8. The highest BCUT2D eigenvalue weighted by Gasteiger charge is 2.13. The second-order valence-electron chi connectivity index (χ2n) is 8.40. The average Bonchev–Trinajstić information content (AvgIpc) is 3.38. The quantitative estimate of drug-likeness (QED) is 0.302. The van der Waals surface area contributed by atoms with Gasteiger partial charge in [0.15, 0.2) is 11.5 Å². The van der Waals surface area contributed by atoms with Gasteiger partial charge in [-0.15, -0.1) is 0 Å². The predicted octanol–water partition coefficient (Wildman–Crippen LogP) is 5.45. The molecule has 3 heterocycles. The molecule has 0 amide bonds. The number of fused-ring (bicyclic) bond motifs is 2. The topological polar surface area (TPSA) is 89.9 Å². The first-order valence-corrected chi connectivity index (χ1v) is 11.3. The summed E-state index contributed by atoms with van der Waals surface area (Å²) in [7, 11) is 1.64. The number of H-pyrrole nitrogens is 1. The van der Waals surface area contributed by atoms with Gasteiger partial charge in [-0.25, -0.2) is 9.97 Å². The standard InChI is InChI=1S/C26H28N6O2/c1-16-8-9-29-32(16)10-5-11-34-25-14-23-21(13-24(25)33-4)26(28-15-27-23)31-19-6-7-22-20(12-19)17(2)18(3)30-22/h6-9,12-15,30H,5,10-11H2,1-4H3,(H,27,28,31). The number of hydrogen-bond donors (Lipinski definition) is 2. The fraction of sp³-hybridized carbons (Fsp3) is 0.269. The Morgan fingerprint density at radius 3 is 2.68 bits per heavy atom. The van der Waals surface area contributed by atoms with Gasteiger partial charge in [-0.1, -0.05) is 0 Å². The zero-order valence-corrected chi connectivity index (χ0v) is 19.8. The van der Waals surface area contributed by atoms with Crippen LogP contribution in [0.2, 0.25) is 0 Å². The molecule has 8 heteroatoms. The van der Waals surface area contributed by atoms with Crippen LogP contribution in [0.15, 0.2) is 48.9 Å². The van der Waals surface area contributed by atoms with E-state index in [1.165, 1.54) is 16.6 Å². The van der Waals surface area contributed by atoms with Gasteiger partial charge >= 0.3 is 0 Å². The Balaban J connectivity index is 1.37. The molecule has 0 unspecified atom stereocenters. The summed E-state index contributed by atoms with van der Waals surface area (Å²) in [5, 5.41) is 9.82. The van der Waals surface area contributed by atoms with Gasteiger partial charge in [0.2, 0.25) is 0 Å². The molecule has 5 aromatic rings. The highest BCUT2D eigenvalue weighted by atomic mass is 16.5. The molecule has 3 aromatic heterocycles. The van der Waals surface area contributed by atoms with Crippen LogP contribution in [-0.4, -0.2) is 38.4 Å². The fourth-order valence-corrected chi connectivity index (χ4v) is 4.14. The molecule has 0 saturated carbocycles. The Kier molecular flexibility index (Phi) is 5.79. The average molecular weight is 457 g/mol. The molecule has 0 aliphatic rings. The third-order valence-corrected chi connectivity index (χ3v) is 6.19. The van der Waals surface area contributed by atoms with Crippen molar-refractivity contribution >= 4 is 33.3 Å². The molecule has 5 rings (SSSR count). The number of nitrogens with zero attached hydrogens (tertiary/aromatic N) is 4. The van der Waals surface area contributed by atoms with Gasteiger partial charge in [0.1, 0.15) is 12.1 Å². The molecular weight excluding hydrogens is 428 g/mol. The first kappa shape index (κ1) is 21.8. The molecule has 0 aliphatic carbocycles. The molecule has 174 valence electrons. The largest absolute Gasteiger partial charge is 0.493 e. The molecule has 0 fully saturated rings. The molecule has 0 atom stereocenters. The smallest absolute Gasteiger partial charge is 0.163 e. The highest BCUT2D eigenvalue weighted by Crippen LogP contribution is 2.35. The summed E-state index contributed by atoms with van der Waals surface area (Å²) in [4.78, 5) is 12.4. The van der Waals surface area contributed by atoms with Crippen LogP contribution in [0, 0.1) is 20.8 Å². The number of ether oxygens (including phenoxy) is 2. The van der Waals surface area contributed by atoms with E-state index in [0.29, 0.717) is 23.9 Å². The van der Waals surface area contributed by atoms with E-state index in [-0.39, 0.29) is 0 Å². The summed E-state index contributed by atoms with van der Waals surface area (Å²) in [6.07, 6.45) is 4.21. The second kappa shape index (κ2) is 9.05. The van der Waals surface area contributed by atoms with E-state index < -0.39 is 0 Å². The van der Waals surface area contributed by atoms with Crippen LogP contribution in [-0.2, 0) is 6.54 Å². The van der Waals surface area contributed by atoms with Gasteiger partial charge < -0.3 is 19.8 Å². The SMILES string of the molecule is COc1cc2c(Nc3ccc4[nH]c(C)c(C)c4c3)ncnc2cc1OCCCn1nccc1C. The van der Waals surface area contributed by atoms with Crippen LogP contribution >= 0.6 is 0 Å². The normalized spacial score (nSPS) is 11.3. The summed E-state index contributed by atoms with van der Waals surface area (Å²) in [6.45, 7) is 7.61. The number of nitrogens with one attached hydrogen (secondary N) is 2. The lowest BCUT2D eigenvalue weighted by Gasteiger charge is -2.14. The number of benzene rings is 2. The van der Waals surface area contributed by atoms with Crippen molar-refractivity contribution in [2.45, 2.75) is 33.7 Å². The van der Waals surface area contributed by atoms with Crippen LogP contribution in [0.4, 0.5) is 11.5 Å². The van der Waals surface area contributed by atoms with E-state index in [9.17, 15) is 0 Å². The van der Waals surface area contributed by atoms with Crippen LogP contribution in [0.1, 0.15) is 23.4 Å². The van der Waals surface area contributed by atoms with Crippen molar-refractivity contribution in [2.24, 2.45) is 0 Å². The number of aromatic amines is 1. The molecule has 0 spiro atoms. The van der Waals surface area contributed by atoms with Gasteiger partial charge in [0.25, 0.3) is 0 Å². The molecule has 8 nitrogen and oxygen atoms in total. The summed E-state index contributed by atoms with van der Waals surface area (Å²) in [6, 6.07) is 12.1. The maximum atomic E-state index is 6.05. The maximum absolute atomic E-state index is 6.05. The van der Waals surface area contributed by atoms with E-state index >= 15 is 0 Å². The van der Waals surface area contributed by atoms with Crippen LogP contribution in [0.25, 0.3) is 21.8 Å². The van der Waals surface area contributed by atoms with Gasteiger partial charge in [-0.05, 0) is 56.7 Å². The maximum Gasteiger partial charge on any atom is 0.163 e. The first-order chi connectivity index (χ1) is 16.5. The van der Waals surface area contributed by atoms with E-state index in [4.69, 9.17) is 9.47 Å². The molecule has 2 aromatic carbocycles. The van der Waals surface area contributed by atoms with Crippen molar-refractivity contribution in [3.8, 4) is 11.5 Å². The summed E-state index contributed by atoms with van der Waals surface area (Å²) >= 11 is 0. The van der Waals surface area contributed by atoms with Crippen molar-refractivity contribution < 1.29 is 9.47 Å². The van der Waals surface area contributed by atoms with Crippen LogP contribution < -0.4 is 14.8 Å². The Bertz CT molecular complexity index is 1470. The van der Waals surface area contributed by atoms with Crippen molar-refractivity contribution in [2.75, 3.05) is 19.0 Å². The Labute approximate surface area is 197 Å². The molecule has 0 aliphatic heterocycles. The minimum Gasteiger partial charge on any atom is -0.493 e. The molecule has 0 saturated heterocycles. The summed E-state index contributed by atoms with van der Waals surface area (Å²) < 4.78 is 13.6. The predicted molar refractivity (Wildman–Crippen MR) is 134 cm³/mol. The number of aromatic nitrogens is 5. The van der Waals surface area contributed by atoms with E-state index in [0.717, 1.165) is 40.8 Å². The number of anilines is 2. The lowest BCUT2D eigenvalue weighted by atomic mass is 10.1. The fourth-order valence-electron chi connectivity index (χ4n) is 4.14. The third-order valence-electron chi connectivity index (χ3n) is 6.19. The first-order valence-electron chi connectivity index (χ1n) is 11.3. The van der Waals surface area contributed by atoms with E-state index in [1.807, 2.05) is 42.1 Å². The minimum atomic E-state index is 0.548. The van der Waals surface area contributed by atoms with Gasteiger partial charge in [-0.2, -0.15) is 5.10 Å². The van der Waals surface area contributed by atoms with Gasteiger partial charge in [0.05, 0.1) is 19.2 Å². The zero-order valence-electron chi connectivity index (χ0n) is 19.8. The minimum absolute atomic E-state index is 0.548. The van der Waals surface area contributed by atoms with Crippen molar-refractivity contribution in [3.05, 3.63) is 65.9 Å². The molecular formula is C26H28N6O2. The monoisotopic (exact) mass is 456 g/mol. The summed E-state index contributed by atoms with van der Waals surface area (Å²) in [5.74, 6) is 2.03. The lowest BCUT2D eigenvalue weighted by molar-refractivity contribution is 0.280.